The van der Waals surface area contributed by atoms with Gasteiger partial charge in [-0.2, -0.15) is 0 Å². The van der Waals surface area contributed by atoms with Gasteiger partial charge in [-0.1, -0.05) is 111 Å². The van der Waals surface area contributed by atoms with Crippen LogP contribution in [0.5, 0.6) is 0 Å². The number of carboxylic acid groups (broad SMARTS) is 1. The number of carbonyl (C=O) groups is 2. The highest BCUT2D eigenvalue weighted by Gasteiger charge is 2.45. The number of carbonyl (C=O) groups excluding carboxylic acids is 1. The van der Waals surface area contributed by atoms with Gasteiger partial charge in [0.15, 0.2) is 0 Å². The Bertz CT molecular complexity index is 874. The van der Waals surface area contributed by atoms with E-state index in [0.717, 1.165) is 16.7 Å². The number of nitrogens with one attached hydrogen (secondary N) is 1. The van der Waals surface area contributed by atoms with Gasteiger partial charge in [0.1, 0.15) is 11.5 Å². The largest absolute Gasteiger partial charge is 0.480 e. The summed E-state index contributed by atoms with van der Waals surface area (Å²) in [7, 11) is 0. The predicted octanol–water partition coefficient (Wildman–Crippen LogP) is 4.64. The second kappa shape index (κ2) is 9.40. The van der Waals surface area contributed by atoms with Gasteiger partial charge < -0.3 is 10.4 Å². The minimum atomic E-state index is -1.18. The van der Waals surface area contributed by atoms with E-state index >= 15 is 0 Å². The molecule has 0 spiro atoms. The van der Waals surface area contributed by atoms with Crippen molar-refractivity contribution in [3.8, 4) is 0 Å². The lowest BCUT2D eigenvalue weighted by Gasteiger charge is -2.36. The number of aliphatic carboxylic acids is 1. The Morgan fingerprint density at radius 1 is 0.800 bits per heavy atom. The van der Waals surface area contributed by atoms with Crippen molar-refractivity contribution in [1.29, 1.82) is 0 Å². The van der Waals surface area contributed by atoms with Gasteiger partial charge in [0.05, 0.1) is 0 Å². The molecule has 3 aromatic rings. The minimum absolute atomic E-state index is 0.202. The first-order chi connectivity index (χ1) is 14.5. The number of benzene rings is 3. The average molecular weight is 402 g/mol. The van der Waals surface area contributed by atoms with Crippen LogP contribution in [0.3, 0.4) is 0 Å². The molecule has 3 aromatic carbocycles. The maximum Gasteiger partial charge on any atom is 0.326 e. The van der Waals surface area contributed by atoms with Gasteiger partial charge >= 0.3 is 5.97 Å². The van der Waals surface area contributed by atoms with Crippen molar-refractivity contribution in [2.24, 2.45) is 5.92 Å². The van der Waals surface area contributed by atoms with Crippen molar-refractivity contribution in [3.63, 3.8) is 0 Å². The molecule has 1 amide bonds. The topological polar surface area (TPSA) is 66.4 Å². The minimum Gasteiger partial charge on any atom is -0.480 e. The monoisotopic (exact) mass is 401 g/mol. The highest BCUT2D eigenvalue weighted by Crippen LogP contribution is 2.39. The number of hydrogen-bond donors (Lipinski definition) is 2. The molecule has 0 aliphatic heterocycles. The fraction of sp³-hybridized carbons (Fsp3) is 0.231. The first-order valence-electron chi connectivity index (χ1n) is 10.2. The van der Waals surface area contributed by atoms with E-state index < -0.39 is 17.4 Å². The molecule has 2 atom stereocenters. The summed E-state index contributed by atoms with van der Waals surface area (Å²) in [6.45, 7) is 3.76. The summed E-state index contributed by atoms with van der Waals surface area (Å²) in [6.07, 6.45) is 0.645. The Kier molecular flexibility index (Phi) is 6.68. The van der Waals surface area contributed by atoms with E-state index in [-0.39, 0.29) is 11.8 Å². The molecule has 0 bridgehead atoms. The second-order valence-corrected chi connectivity index (χ2v) is 7.52. The summed E-state index contributed by atoms with van der Waals surface area (Å²) in [5, 5.41) is 12.7. The first-order valence-corrected chi connectivity index (χ1v) is 10.2. The van der Waals surface area contributed by atoms with Crippen LogP contribution in [0, 0.1) is 5.92 Å². The Labute approximate surface area is 177 Å². The van der Waals surface area contributed by atoms with E-state index in [1.54, 1.807) is 0 Å². The van der Waals surface area contributed by atoms with Gasteiger partial charge in [0, 0.05) is 0 Å². The van der Waals surface area contributed by atoms with Crippen LogP contribution in [0.4, 0.5) is 0 Å². The molecule has 0 aliphatic carbocycles. The third-order valence-corrected chi connectivity index (χ3v) is 5.73. The molecular weight excluding hydrogens is 374 g/mol. The van der Waals surface area contributed by atoms with E-state index in [9.17, 15) is 14.7 Å². The maximum absolute atomic E-state index is 14.0. The van der Waals surface area contributed by atoms with Crippen LogP contribution in [0.25, 0.3) is 0 Å². The van der Waals surface area contributed by atoms with Crippen molar-refractivity contribution in [2.45, 2.75) is 31.7 Å². The molecule has 4 nitrogen and oxygen atoms in total. The third kappa shape index (κ3) is 3.99. The lowest BCUT2D eigenvalue weighted by Crippen LogP contribution is -2.53. The Hall–Kier alpha value is -3.40. The highest BCUT2D eigenvalue weighted by molar-refractivity contribution is 5.98. The van der Waals surface area contributed by atoms with Crippen LogP contribution in [0.1, 0.15) is 37.0 Å². The van der Waals surface area contributed by atoms with E-state index in [2.05, 4.69) is 5.32 Å². The van der Waals surface area contributed by atoms with Gasteiger partial charge in [-0.15, -0.1) is 0 Å². The van der Waals surface area contributed by atoms with Gasteiger partial charge in [-0.05, 0) is 22.6 Å². The highest BCUT2D eigenvalue weighted by atomic mass is 16.4. The summed E-state index contributed by atoms with van der Waals surface area (Å²) in [5.74, 6) is -1.58. The zero-order valence-electron chi connectivity index (χ0n) is 17.3. The van der Waals surface area contributed by atoms with Crippen LogP contribution in [0.15, 0.2) is 91.0 Å². The van der Waals surface area contributed by atoms with Crippen molar-refractivity contribution in [2.75, 3.05) is 0 Å². The molecule has 154 valence electrons. The molecule has 0 aliphatic rings. The molecule has 0 unspecified atom stereocenters. The fourth-order valence-corrected chi connectivity index (χ4v) is 3.89. The summed E-state index contributed by atoms with van der Waals surface area (Å²) < 4.78 is 0. The van der Waals surface area contributed by atoms with Crippen molar-refractivity contribution in [3.05, 3.63) is 108 Å². The quantitative estimate of drug-likeness (QED) is 0.541. The summed E-state index contributed by atoms with van der Waals surface area (Å²) in [5.41, 5.74) is 1.18. The number of hydrogen-bond acceptors (Lipinski definition) is 2. The first kappa shape index (κ1) is 21.3. The molecule has 0 fully saturated rings. The lowest BCUT2D eigenvalue weighted by atomic mass is 9.68. The van der Waals surface area contributed by atoms with Gasteiger partial charge in [0.2, 0.25) is 5.91 Å². The number of amides is 1. The predicted molar refractivity (Wildman–Crippen MR) is 118 cm³/mol. The van der Waals surface area contributed by atoms with Crippen molar-refractivity contribution in [1.82, 2.24) is 5.32 Å². The second-order valence-electron chi connectivity index (χ2n) is 7.52. The van der Waals surface area contributed by atoms with E-state index in [4.69, 9.17) is 0 Å². The number of carboxylic acids is 1. The molecule has 0 heterocycles. The summed E-state index contributed by atoms with van der Waals surface area (Å²) >= 11 is 0. The van der Waals surface area contributed by atoms with E-state index in [0.29, 0.717) is 6.42 Å². The van der Waals surface area contributed by atoms with Gasteiger partial charge in [-0.25, -0.2) is 4.79 Å². The van der Waals surface area contributed by atoms with Crippen molar-refractivity contribution >= 4 is 11.9 Å². The third-order valence-electron chi connectivity index (χ3n) is 5.73. The van der Waals surface area contributed by atoms with Crippen LogP contribution < -0.4 is 5.32 Å². The molecule has 2 N–H and O–H groups in total. The standard InChI is InChI=1S/C26H27NO3/c1-3-19(2)23(24(28)29)27-25(30)26(20-13-7-4-8-14-20,21-15-9-5-10-16-21)22-17-11-6-12-18-22/h4-19,23H,3H2,1-2H3,(H,27,30)(H,28,29)/t19-,23-/m1/s1. The van der Waals surface area contributed by atoms with E-state index in [1.807, 2.05) is 105 Å². The zero-order valence-corrected chi connectivity index (χ0v) is 17.3. The SMILES string of the molecule is CC[C@@H](C)[C@@H](NC(=O)C(c1ccccc1)(c1ccccc1)c1ccccc1)C(=O)O. The number of rotatable bonds is 8. The zero-order chi connectivity index (χ0) is 21.6. The Morgan fingerprint density at radius 2 is 1.17 bits per heavy atom. The van der Waals surface area contributed by atoms with Crippen molar-refractivity contribution < 1.29 is 14.7 Å². The molecule has 0 saturated heterocycles. The molecule has 0 saturated carbocycles. The molecule has 0 radical (unpaired) electrons. The Morgan fingerprint density at radius 3 is 1.47 bits per heavy atom. The van der Waals surface area contributed by atoms with Crippen LogP contribution in [-0.2, 0) is 15.0 Å². The molecule has 4 heteroatoms. The van der Waals surface area contributed by atoms with E-state index in [1.165, 1.54) is 0 Å². The van der Waals surface area contributed by atoms with Crippen LogP contribution >= 0.6 is 0 Å². The van der Waals surface area contributed by atoms with Crippen LogP contribution in [0.2, 0.25) is 0 Å². The molecule has 0 aromatic heterocycles. The van der Waals surface area contributed by atoms with Crippen LogP contribution in [-0.4, -0.2) is 23.0 Å². The average Bonchev–Trinajstić information content (AvgIpc) is 2.79. The molecule has 30 heavy (non-hydrogen) atoms. The smallest absolute Gasteiger partial charge is 0.326 e. The Balaban J connectivity index is 2.26. The van der Waals surface area contributed by atoms with Gasteiger partial charge in [0.25, 0.3) is 0 Å². The summed E-state index contributed by atoms with van der Waals surface area (Å²) in [6, 6.07) is 27.6. The van der Waals surface area contributed by atoms with Gasteiger partial charge in [-0.3, -0.25) is 4.79 Å². The lowest BCUT2D eigenvalue weighted by molar-refractivity contribution is -0.143. The fourth-order valence-electron chi connectivity index (χ4n) is 3.89. The maximum atomic E-state index is 14.0. The normalized spacial score (nSPS) is 13.3. The summed E-state index contributed by atoms with van der Waals surface area (Å²) in [4.78, 5) is 26.0. The molecular formula is C26H27NO3. The molecule has 3 rings (SSSR count).